The number of hydrogen-bond donors (Lipinski definition) is 0. The van der Waals surface area contributed by atoms with Crippen LogP contribution in [0.4, 0.5) is 0 Å². The molecule has 0 saturated heterocycles. The molecule has 1 heteroatoms. The average molecular weight is 227 g/mol. The summed E-state index contributed by atoms with van der Waals surface area (Å²) in [6.07, 6.45) is 11.7. The molecule has 1 unspecified atom stereocenters. The van der Waals surface area contributed by atoms with Gasteiger partial charge in [-0.1, -0.05) is 49.6 Å². The lowest BCUT2D eigenvalue weighted by Crippen LogP contribution is -2.25. The maximum Gasteiger partial charge on any atom is 0.0545 e. The van der Waals surface area contributed by atoms with Crippen LogP contribution in [0.2, 0.25) is 0 Å². The van der Waals surface area contributed by atoms with Gasteiger partial charge < -0.3 is 0 Å². The van der Waals surface area contributed by atoms with Crippen LogP contribution in [0.15, 0.2) is 35.3 Å². The number of aliphatic imine (C=N–C) groups is 1. The molecule has 0 bridgehead atoms. The Morgan fingerprint density at radius 3 is 2.59 bits per heavy atom. The van der Waals surface area contributed by atoms with E-state index in [1.54, 1.807) is 0 Å². The molecule has 1 aromatic rings. The second kappa shape index (κ2) is 4.64. The molecule has 0 N–H and O–H groups in total. The van der Waals surface area contributed by atoms with Crippen LogP contribution < -0.4 is 0 Å². The Balaban J connectivity index is 1.63. The summed E-state index contributed by atoms with van der Waals surface area (Å²) in [4.78, 5) is 4.78. The van der Waals surface area contributed by atoms with Gasteiger partial charge >= 0.3 is 0 Å². The highest BCUT2D eigenvalue weighted by atomic mass is 14.8. The molecule has 1 saturated carbocycles. The van der Waals surface area contributed by atoms with Crippen LogP contribution in [-0.4, -0.2) is 12.3 Å². The van der Waals surface area contributed by atoms with Crippen LogP contribution in [0.3, 0.4) is 0 Å². The summed E-state index contributed by atoms with van der Waals surface area (Å²) in [6.45, 7) is 0. The van der Waals surface area contributed by atoms with Gasteiger partial charge in [0.05, 0.1) is 6.04 Å². The van der Waals surface area contributed by atoms with E-state index in [0.717, 1.165) is 6.42 Å². The van der Waals surface area contributed by atoms with E-state index in [0.29, 0.717) is 11.5 Å². The highest BCUT2D eigenvalue weighted by Crippen LogP contribution is 2.42. The molecule has 1 aliphatic heterocycles. The van der Waals surface area contributed by atoms with E-state index in [9.17, 15) is 0 Å². The van der Waals surface area contributed by atoms with E-state index in [-0.39, 0.29) is 0 Å². The third-order valence-corrected chi connectivity index (χ3v) is 4.36. The van der Waals surface area contributed by atoms with Crippen molar-refractivity contribution in [2.45, 2.75) is 51.0 Å². The Morgan fingerprint density at radius 1 is 1.06 bits per heavy atom. The van der Waals surface area contributed by atoms with Crippen LogP contribution in [0.1, 0.15) is 44.1 Å². The van der Waals surface area contributed by atoms with Crippen molar-refractivity contribution in [3.63, 3.8) is 0 Å². The lowest BCUT2D eigenvalue weighted by molar-refractivity contribution is 0.273. The standard InChI is InChI=1S/C16H21N/c1-3-7-14(8-4-1)11-15-12-16(13-17-15)9-5-2-6-10-16/h1,3-4,7-8,13,15H,2,5-6,9-12H2. The second-order valence-corrected chi connectivity index (χ2v) is 5.75. The van der Waals surface area contributed by atoms with E-state index >= 15 is 0 Å². The zero-order chi connectivity index (χ0) is 11.6. The average Bonchev–Trinajstić information content (AvgIpc) is 2.74. The van der Waals surface area contributed by atoms with Crippen LogP contribution in [0, 0.1) is 5.41 Å². The first-order valence-electron chi connectivity index (χ1n) is 6.95. The van der Waals surface area contributed by atoms with Gasteiger partial charge in [0.25, 0.3) is 0 Å². The van der Waals surface area contributed by atoms with E-state index in [1.807, 2.05) is 0 Å². The van der Waals surface area contributed by atoms with E-state index in [1.165, 1.54) is 44.1 Å². The minimum atomic E-state index is 0.484. The maximum absolute atomic E-state index is 4.78. The summed E-state index contributed by atoms with van der Waals surface area (Å²) < 4.78 is 0. The van der Waals surface area contributed by atoms with Gasteiger partial charge in [-0.05, 0) is 31.2 Å². The van der Waals surface area contributed by atoms with Gasteiger partial charge in [-0.15, -0.1) is 0 Å². The molecule has 17 heavy (non-hydrogen) atoms. The molecule has 0 aromatic heterocycles. The first kappa shape index (κ1) is 11.0. The molecule has 3 rings (SSSR count). The smallest absolute Gasteiger partial charge is 0.0545 e. The zero-order valence-corrected chi connectivity index (χ0v) is 10.4. The van der Waals surface area contributed by atoms with Crippen molar-refractivity contribution in [2.24, 2.45) is 10.4 Å². The molecule has 1 fully saturated rings. The molecular formula is C16H21N. The van der Waals surface area contributed by atoms with Gasteiger partial charge in [0, 0.05) is 11.6 Å². The third-order valence-electron chi connectivity index (χ3n) is 4.36. The second-order valence-electron chi connectivity index (χ2n) is 5.75. The van der Waals surface area contributed by atoms with Crippen LogP contribution in [0.5, 0.6) is 0 Å². The molecule has 1 aromatic carbocycles. The highest BCUT2D eigenvalue weighted by molar-refractivity contribution is 5.68. The first-order valence-corrected chi connectivity index (χ1v) is 6.95. The van der Waals surface area contributed by atoms with Gasteiger partial charge in [0.1, 0.15) is 0 Å². The SMILES string of the molecule is C1=NC(Cc2ccccc2)CC12CCCCC2. The molecular weight excluding hydrogens is 206 g/mol. The molecule has 1 atom stereocenters. The van der Waals surface area contributed by atoms with E-state index < -0.39 is 0 Å². The molecule has 90 valence electrons. The van der Waals surface area contributed by atoms with Gasteiger partial charge in [0.15, 0.2) is 0 Å². The summed E-state index contributed by atoms with van der Waals surface area (Å²) >= 11 is 0. The quantitative estimate of drug-likeness (QED) is 0.723. The lowest BCUT2D eigenvalue weighted by atomic mass is 9.72. The monoisotopic (exact) mass is 227 g/mol. The maximum atomic E-state index is 4.78. The van der Waals surface area contributed by atoms with Gasteiger partial charge in [0.2, 0.25) is 0 Å². The summed E-state index contributed by atoms with van der Waals surface area (Å²) in [5.74, 6) is 0. The van der Waals surface area contributed by atoms with Crippen LogP contribution in [0.25, 0.3) is 0 Å². The van der Waals surface area contributed by atoms with Crippen molar-refractivity contribution < 1.29 is 0 Å². The predicted molar refractivity (Wildman–Crippen MR) is 72.6 cm³/mol. The Labute approximate surface area is 104 Å². The minimum absolute atomic E-state index is 0.484. The fourth-order valence-corrected chi connectivity index (χ4v) is 3.44. The Morgan fingerprint density at radius 2 is 1.82 bits per heavy atom. The molecule has 1 heterocycles. The number of benzene rings is 1. The van der Waals surface area contributed by atoms with E-state index in [2.05, 4.69) is 36.5 Å². The largest absolute Gasteiger partial charge is 0.293 e. The highest BCUT2D eigenvalue weighted by Gasteiger charge is 2.36. The van der Waals surface area contributed by atoms with E-state index in [4.69, 9.17) is 4.99 Å². The number of hydrogen-bond acceptors (Lipinski definition) is 1. The van der Waals surface area contributed by atoms with Gasteiger partial charge in [-0.25, -0.2) is 0 Å². The lowest BCUT2D eigenvalue weighted by Gasteiger charge is -2.31. The molecule has 0 radical (unpaired) electrons. The molecule has 1 aliphatic carbocycles. The summed E-state index contributed by atoms with van der Waals surface area (Å²) in [5.41, 5.74) is 1.92. The van der Waals surface area contributed by atoms with Crippen molar-refractivity contribution in [1.29, 1.82) is 0 Å². The minimum Gasteiger partial charge on any atom is -0.293 e. The Hall–Kier alpha value is -1.11. The summed E-state index contributed by atoms with van der Waals surface area (Å²) in [5, 5.41) is 0. The number of nitrogens with zero attached hydrogens (tertiary/aromatic N) is 1. The molecule has 1 spiro atoms. The normalized spacial score (nSPS) is 26.5. The number of rotatable bonds is 2. The van der Waals surface area contributed by atoms with Crippen molar-refractivity contribution in [3.05, 3.63) is 35.9 Å². The van der Waals surface area contributed by atoms with Crippen molar-refractivity contribution in [3.8, 4) is 0 Å². The topological polar surface area (TPSA) is 12.4 Å². The first-order chi connectivity index (χ1) is 8.36. The van der Waals surface area contributed by atoms with Gasteiger partial charge in [-0.2, -0.15) is 0 Å². The Bertz CT molecular complexity index is 387. The molecule has 2 aliphatic rings. The van der Waals surface area contributed by atoms with Crippen LogP contribution in [-0.2, 0) is 6.42 Å². The molecule has 0 amide bonds. The molecule has 1 nitrogen and oxygen atoms in total. The fourth-order valence-electron chi connectivity index (χ4n) is 3.44. The van der Waals surface area contributed by atoms with Crippen molar-refractivity contribution >= 4 is 6.21 Å². The predicted octanol–water partition coefficient (Wildman–Crippen LogP) is 4.02. The summed E-state index contributed by atoms with van der Waals surface area (Å²) in [7, 11) is 0. The van der Waals surface area contributed by atoms with Crippen molar-refractivity contribution in [1.82, 2.24) is 0 Å². The fraction of sp³-hybridized carbons (Fsp3) is 0.562. The Kier molecular flexibility index (Phi) is 3.00. The van der Waals surface area contributed by atoms with Crippen LogP contribution >= 0.6 is 0 Å². The summed E-state index contributed by atoms with van der Waals surface area (Å²) in [6, 6.07) is 11.3. The third kappa shape index (κ3) is 2.43. The van der Waals surface area contributed by atoms with Crippen molar-refractivity contribution in [2.75, 3.05) is 0 Å². The van der Waals surface area contributed by atoms with Gasteiger partial charge in [-0.3, -0.25) is 4.99 Å². The zero-order valence-electron chi connectivity index (χ0n) is 10.4.